The lowest BCUT2D eigenvalue weighted by Crippen LogP contribution is -2.62. The number of benzene rings is 2. The number of hydrogen-bond donors (Lipinski definition) is 5. The number of carbonyl (C=O) groups excluding carboxylic acids is 4. The fourth-order valence-corrected chi connectivity index (χ4v) is 10.3. The molecule has 3 amide bonds. The smallest absolute Gasteiger partial charge is 0.324 e. The van der Waals surface area contributed by atoms with Gasteiger partial charge in [0.2, 0.25) is 11.8 Å². The summed E-state index contributed by atoms with van der Waals surface area (Å²) in [5.74, 6) is -3.25. The molecule has 0 spiro atoms. The third-order valence-electron chi connectivity index (χ3n) is 13.3. The molecule has 15 nitrogen and oxygen atoms in total. The van der Waals surface area contributed by atoms with Gasteiger partial charge < -0.3 is 39.8 Å². The number of cyclic esters (lactones) is 1. The number of hydrogen-bond acceptors (Lipinski definition) is 11. The predicted molar refractivity (Wildman–Crippen MR) is 232 cm³/mol. The fraction of sp³-hybridized carbons (Fsp3) is 0.511. The van der Waals surface area contributed by atoms with Crippen LogP contribution in [0.3, 0.4) is 0 Å². The molecule has 4 aliphatic rings. The van der Waals surface area contributed by atoms with Crippen molar-refractivity contribution in [2.24, 2.45) is 17.3 Å². The van der Waals surface area contributed by atoms with Crippen molar-refractivity contribution in [3.63, 3.8) is 0 Å². The molecule has 2 aromatic carbocycles. The number of aromatic nitrogens is 2. The van der Waals surface area contributed by atoms with Crippen molar-refractivity contribution in [3.05, 3.63) is 71.5 Å². The normalized spacial score (nSPS) is 25.2. The van der Waals surface area contributed by atoms with Crippen molar-refractivity contribution in [2.45, 2.75) is 96.7 Å². The highest BCUT2D eigenvalue weighted by atomic mass is 16.5. The second-order valence-corrected chi connectivity index (χ2v) is 18.3. The summed E-state index contributed by atoms with van der Waals surface area (Å²) in [6, 6.07) is 12.5. The van der Waals surface area contributed by atoms with Crippen LogP contribution in [-0.4, -0.2) is 118 Å². The summed E-state index contributed by atoms with van der Waals surface area (Å²) in [7, 11) is 3.23. The lowest BCUT2D eigenvalue weighted by Gasteiger charge is -2.42. The van der Waals surface area contributed by atoms with E-state index < -0.39 is 59.5 Å². The van der Waals surface area contributed by atoms with Gasteiger partial charge in [0.15, 0.2) is 0 Å². The van der Waals surface area contributed by atoms with Crippen molar-refractivity contribution >= 4 is 34.6 Å². The molecular weight excluding hydrogens is 791 g/mol. The first-order valence-electron chi connectivity index (χ1n) is 21.8. The number of methoxy groups -OCH3 is 1. The summed E-state index contributed by atoms with van der Waals surface area (Å²) >= 11 is 0. The molecule has 62 heavy (non-hydrogen) atoms. The maximum atomic E-state index is 14.7. The number of β-amino-alcohol motifs (C(OH)–C–C–N with tert-alkyl or cyclic N) is 1. The van der Waals surface area contributed by atoms with Crippen LogP contribution in [0.1, 0.15) is 76.3 Å². The lowest BCUT2D eigenvalue weighted by atomic mass is 9.67. The zero-order chi connectivity index (χ0) is 44.2. The Hall–Kier alpha value is -5.35. The Kier molecular flexibility index (Phi) is 11.9. The molecule has 8 rings (SSSR count). The lowest BCUT2D eigenvalue weighted by molar-refractivity contribution is -0.156. The number of rotatable bonds is 7. The van der Waals surface area contributed by atoms with Crippen LogP contribution >= 0.6 is 0 Å². The van der Waals surface area contributed by atoms with Gasteiger partial charge in [0.1, 0.15) is 30.0 Å². The minimum absolute atomic E-state index is 0.00752. The number of aryl methyl sites for hydroxylation is 1. The van der Waals surface area contributed by atoms with E-state index in [0.29, 0.717) is 31.5 Å². The standard InChI is InChI=1S/C47H59N7O8/c1-8-53-35-14-13-27-21-31(35)37-38(42(61-7)39-30(41(37)53)11-9-15-49-39)47(4,5)24-62-46(60)33-12-10-16-54(51-33)45(59)34(19-26-17-28(27)20-29(55)18-26)50-43(57)40(25(2)3)52(6)44(58)32-22-48-23-36(32)56/h9,11,13-15,17-18,20-21,25,32-34,36,38,40,42,48,51,55-56H,8,10,12,16,19,22-24H2,1-7H3,(H,50,57)/t32-,33+,34+,36+,38?,40+,42+/m1/s1. The Labute approximate surface area is 362 Å². The third kappa shape index (κ3) is 7.73. The Morgan fingerprint density at radius 3 is 2.61 bits per heavy atom. The molecule has 4 aromatic rings. The Balaban J connectivity index is 1.25. The summed E-state index contributed by atoms with van der Waals surface area (Å²) in [5.41, 5.74) is 9.49. The highest BCUT2D eigenvalue weighted by Gasteiger charge is 2.48. The van der Waals surface area contributed by atoms with Crippen LogP contribution in [0.2, 0.25) is 0 Å². The van der Waals surface area contributed by atoms with E-state index in [1.807, 2.05) is 32.0 Å². The minimum Gasteiger partial charge on any atom is -0.508 e. The van der Waals surface area contributed by atoms with Crippen LogP contribution in [-0.2, 0) is 41.6 Å². The largest absolute Gasteiger partial charge is 0.508 e. The van der Waals surface area contributed by atoms with Gasteiger partial charge in [-0.2, -0.15) is 0 Å². The van der Waals surface area contributed by atoms with Crippen LogP contribution in [0.4, 0.5) is 0 Å². The summed E-state index contributed by atoms with van der Waals surface area (Å²) < 4.78 is 14.8. The average molecular weight is 850 g/mol. The van der Waals surface area contributed by atoms with Crippen LogP contribution in [0.5, 0.6) is 5.75 Å². The first kappa shape index (κ1) is 43.3. The number of pyridine rings is 1. The van der Waals surface area contributed by atoms with E-state index in [1.165, 1.54) is 9.91 Å². The first-order chi connectivity index (χ1) is 29.6. The molecule has 1 unspecified atom stereocenters. The predicted octanol–water partition coefficient (Wildman–Crippen LogP) is 4.05. The number of aliphatic hydroxyl groups is 1. The zero-order valence-electron chi connectivity index (χ0n) is 36.6. The number of carbonyl (C=O) groups is 4. The van der Waals surface area contributed by atoms with Crippen molar-refractivity contribution < 1.29 is 38.9 Å². The number of phenols is 1. The van der Waals surface area contributed by atoms with Gasteiger partial charge in [-0.3, -0.25) is 29.2 Å². The van der Waals surface area contributed by atoms with Crippen LogP contribution < -0.4 is 16.1 Å². The highest BCUT2D eigenvalue weighted by Crippen LogP contribution is 2.57. The van der Waals surface area contributed by atoms with Gasteiger partial charge in [-0.05, 0) is 84.3 Å². The molecule has 5 heterocycles. The number of likely N-dealkylation sites (N-methyl/N-ethyl adjacent to an activating group) is 1. The van der Waals surface area contributed by atoms with E-state index in [2.05, 4.69) is 59.6 Å². The number of ether oxygens (including phenoxy) is 2. The van der Waals surface area contributed by atoms with Crippen molar-refractivity contribution in [1.29, 1.82) is 0 Å². The fourth-order valence-electron chi connectivity index (χ4n) is 10.3. The average Bonchev–Trinajstić information content (AvgIpc) is 3.83. The van der Waals surface area contributed by atoms with Gasteiger partial charge >= 0.3 is 5.97 Å². The number of nitrogens with one attached hydrogen (secondary N) is 3. The zero-order valence-corrected chi connectivity index (χ0v) is 36.6. The van der Waals surface area contributed by atoms with E-state index in [4.69, 9.17) is 14.5 Å². The summed E-state index contributed by atoms with van der Waals surface area (Å²) in [5, 5.41) is 30.2. The number of aromatic hydroxyl groups is 1. The van der Waals surface area contributed by atoms with Gasteiger partial charge in [-0.15, -0.1) is 0 Å². The second kappa shape index (κ2) is 17.1. The van der Waals surface area contributed by atoms with E-state index in [-0.39, 0.29) is 49.6 Å². The second-order valence-electron chi connectivity index (χ2n) is 18.3. The molecule has 2 fully saturated rings. The van der Waals surface area contributed by atoms with Crippen molar-refractivity contribution in [1.82, 2.24) is 35.5 Å². The molecule has 7 atom stereocenters. The number of hydrazine groups is 1. The van der Waals surface area contributed by atoms with E-state index in [1.54, 1.807) is 32.5 Å². The monoisotopic (exact) mass is 849 g/mol. The SMILES string of the molecule is CCn1c2c3c4cc(ccc41)-c1cc(O)cc(c1)C[C@H](NC(=O)[C@H](C(C)C)N(C)C(=O)[C@@H]1CNC[C@@H]1O)C(=O)N1CCC[C@H](N1)C(=O)OCC(C)(C)C3[C@H](OC)c1ncccc1-2. The molecule has 6 bridgehead atoms. The van der Waals surface area contributed by atoms with E-state index in [9.17, 15) is 29.4 Å². The van der Waals surface area contributed by atoms with Crippen molar-refractivity contribution in [2.75, 3.05) is 40.4 Å². The first-order valence-corrected chi connectivity index (χ1v) is 21.8. The van der Waals surface area contributed by atoms with Gasteiger partial charge in [0, 0.05) is 80.8 Å². The van der Waals surface area contributed by atoms with E-state index in [0.717, 1.165) is 44.5 Å². The van der Waals surface area contributed by atoms with Crippen LogP contribution in [0.25, 0.3) is 33.3 Å². The summed E-state index contributed by atoms with van der Waals surface area (Å²) in [6.07, 6.45) is 1.36. The maximum Gasteiger partial charge on any atom is 0.324 e. The van der Waals surface area contributed by atoms with Gasteiger partial charge in [0.05, 0.1) is 30.0 Å². The molecule has 5 N–H and O–H groups in total. The molecule has 2 saturated heterocycles. The number of fused-ring (bicyclic) bond motifs is 8. The van der Waals surface area contributed by atoms with Crippen molar-refractivity contribution in [3.8, 4) is 28.1 Å². The number of phenolic OH excluding ortho intramolecular Hbond substituents is 1. The molecular formula is C47H59N7O8. The molecule has 3 aliphatic heterocycles. The van der Waals surface area contributed by atoms with Crippen LogP contribution in [0.15, 0.2) is 54.7 Å². The Morgan fingerprint density at radius 1 is 1.11 bits per heavy atom. The molecule has 330 valence electrons. The Bertz CT molecular complexity index is 2390. The number of nitrogens with zero attached hydrogens (tertiary/aromatic N) is 4. The Morgan fingerprint density at radius 2 is 1.90 bits per heavy atom. The van der Waals surface area contributed by atoms with Crippen LogP contribution in [0, 0.1) is 17.3 Å². The summed E-state index contributed by atoms with van der Waals surface area (Å²) in [4.78, 5) is 62.9. The third-order valence-corrected chi connectivity index (χ3v) is 13.3. The number of amides is 3. The molecule has 1 aliphatic carbocycles. The van der Waals surface area contributed by atoms with Gasteiger partial charge in [0.25, 0.3) is 5.91 Å². The quantitative estimate of drug-likeness (QED) is 0.169. The number of aliphatic hydroxyl groups excluding tert-OH is 1. The molecule has 15 heteroatoms. The molecule has 0 saturated carbocycles. The van der Waals surface area contributed by atoms with Gasteiger partial charge in [-0.1, -0.05) is 39.8 Å². The van der Waals surface area contributed by atoms with Gasteiger partial charge in [-0.25, -0.2) is 5.43 Å². The highest BCUT2D eigenvalue weighted by molar-refractivity contribution is 5.97. The molecule has 2 aromatic heterocycles. The van der Waals surface area contributed by atoms with E-state index >= 15 is 0 Å². The molecule has 0 radical (unpaired) electrons. The number of esters is 1. The topological polar surface area (TPSA) is 188 Å². The minimum atomic E-state index is -1.16. The maximum absolute atomic E-state index is 14.7. The summed E-state index contributed by atoms with van der Waals surface area (Å²) in [6.45, 7) is 11.5.